The Labute approximate surface area is 221 Å². The molecule has 2 aromatic heterocycles. The van der Waals surface area contributed by atoms with Crippen LogP contribution in [-0.2, 0) is 16.2 Å². The number of nitrogens with zero attached hydrogens (tertiary/aromatic N) is 4. The van der Waals surface area contributed by atoms with Gasteiger partial charge in [-0.05, 0) is 46.1 Å². The van der Waals surface area contributed by atoms with Gasteiger partial charge in [-0.2, -0.15) is 0 Å². The maximum absolute atomic E-state index is 12.8. The van der Waals surface area contributed by atoms with Gasteiger partial charge in [-0.1, -0.05) is 26.6 Å². The smallest absolute Gasteiger partial charge is 0.410 e. The van der Waals surface area contributed by atoms with Gasteiger partial charge < -0.3 is 29.6 Å². The molecule has 1 aliphatic heterocycles. The fourth-order valence-corrected chi connectivity index (χ4v) is 4.98. The largest absolute Gasteiger partial charge is 0.444 e. The molecule has 10 nitrogen and oxygen atoms in total. The fraction of sp³-hybridized carbons (Fsp3) is 0.692. The normalized spacial score (nSPS) is 18.6. The van der Waals surface area contributed by atoms with E-state index in [9.17, 15) is 9.59 Å². The Kier molecular flexibility index (Phi) is 9.22. The van der Waals surface area contributed by atoms with E-state index in [1.807, 2.05) is 32.3 Å². The number of rotatable bonds is 9. The molecule has 1 fully saturated rings. The SMILES string of the molecule is CCNC(=O)c1cn(COCC[Si](C)(C)C)c2ncc(N[C@H]3CCN(C(=O)OC(C)(C)C)C[C@H]3C)nc12. The van der Waals surface area contributed by atoms with Gasteiger partial charge in [-0.3, -0.25) is 4.79 Å². The molecule has 206 valence electrons. The zero-order valence-electron chi connectivity index (χ0n) is 23.7. The van der Waals surface area contributed by atoms with E-state index in [0.29, 0.717) is 55.5 Å². The van der Waals surface area contributed by atoms with E-state index in [2.05, 4.69) is 42.2 Å². The lowest BCUT2D eigenvalue weighted by Crippen LogP contribution is -2.49. The second-order valence-corrected chi connectivity index (χ2v) is 17.7. The number of hydrogen-bond donors (Lipinski definition) is 2. The van der Waals surface area contributed by atoms with E-state index >= 15 is 0 Å². The van der Waals surface area contributed by atoms with E-state index < -0.39 is 13.7 Å². The minimum atomic E-state index is -1.19. The monoisotopic (exact) mass is 532 g/mol. The van der Waals surface area contributed by atoms with Crippen molar-refractivity contribution >= 4 is 37.1 Å². The van der Waals surface area contributed by atoms with Crippen molar-refractivity contribution in [2.24, 2.45) is 5.92 Å². The van der Waals surface area contributed by atoms with Crippen LogP contribution in [0.15, 0.2) is 12.4 Å². The molecule has 0 saturated carbocycles. The number of anilines is 1. The molecule has 1 saturated heterocycles. The molecule has 2 N–H and O–H groups in total. The average Bonchev–Trinajstić information content (AvgIpc) is 3.14. The molecule has 0 unspecified atom stereocenters. The lowest BCUT2D eigenvalue weighted by Gasteiger charge is -2.38. The Morgan fingerprint density at radius 1 is 1.24 bits per heavy atom. The Morgan fingerprint density at radius 2 is 1.97 bits per heavy atom. The van der Waals surface area contributed by atoms with Gasteiger partial charge in [0.15, 0.2) is 5.65 Å². The summed E-state index contributed by atoms with van der Waals surface area (Å²) in [6, 6.07) is 1.19. The molecule has 2 amide bonds. The van der Waals surface area contributed by atoms with Gasteiger partial charge in [-0.15, -0.1) is 0 Å². The number of carbonyl (C=O) groups is 2. The van der Waals surface area contributed by atoms with Crippen LogP contribution in [0.3, 0.4) is 0 Å². The van der Waals surface area contributed by atoms with Crippen LogP contribution in [0.25, 0.3) is 11.2 Å². The molecule has 3 rings (SSSR count). The lowest BCUT2D eigenvalue weighted by atomic mass is 9.94. The molecule has 11 heteroatoms. The van der Waals surface area contributed by atoms with Crippen molar-refractivity contribution in [2.75, 3.05) is 31.6 Å². The first-order valence-electron chi connectivity index (χ1n) is 13.2. The van der Waals surface area contributed by atoms with Gasteiger partial charge in [-0.25, -0.2) is 14.8 Å². The van der Waals surface area contributed by atoms with E-state index in [1.54, 1.807) is 17.3 Å². The number of hydrogen-bond acceptors (Lipinski definition) is 7. The first kappa shape index (κ1) is 28.9. The maximum atomic E-state index is 12.8. The minimum Gasteiger partial charge on any atom is -0.444 e. The summed E-state index contributed by atoms with van der Waals surface area (Å²) in [4.78, 5) is 36.5. The van der Waals surface area contributed by atoms with E-state index in [1.165, 1.54) is 0 Å². The number of piperidine rings is 1. The predicted octanol–water partition coefficient (Wildman–Crippen LogP) is 4.55. The average molecular weight is 533 g/mol. The van der Waals surface area contributed by atoms with Gasteiger partial charge in [0, 0.05) is 46.6 Å². The number of aromatic nitrogens is 3. The molecular weight excluding hydrogens is 488 g/mol. The third-order valence-electron chi connectivity index (χ3n) is 6.26. The molecule has 0 spiro atoms. The zero-order chi connectivity index (χ0) is 27.4. The van der Waals surface area contributed by atoms with Crippen LogP contribution in [0.5, 0.6) is 0 Å². The van der Waals surface area contributed by atoms with Gasteiger partial charge >= 0.3 is 6.09 Å². The van der Waals surface area contributed by atoms with E-state index in [-0.39, 0.29) is 24.0 Å². The topological polar surface area (TPSA) is 111 Å². The van der Waals surface area contributed by atoms with Crippen LogP contribution in [0.2, 0.25) is 25.7 Å². The Balaban J connectivity index is 1.73. The molecular formula is C26H44N6O4Si. The molecule has 2 atom stereocenters. The molecule has 0 aromatic carbocycles. The number of likely N-dealkylation sites (tertiary alicyclic amines) is 1. The molecule has 1 aliphatic rings. The summed E-state index contributed by atoms with van der Waals surface area (Å²) in [5, 5.41) is 6.36. The van der Waals surface area contributed by atoms with Crippen LogP contribution in [0.1, 0.15) is 51.4 Å². The highest BCUT2D eigenvalue weighted by Crippen LogP contribution is 2.25. The number of nitrogens with one attached hydrogen (secondary N) is 2. The highest BCUT2D eigenvalue weighted by molar-refractivity contribution is 6.76. The van der Waals surface area contributed by atoms with Crippen molar-refractivity contribution in [1.82, 2.24) is 24.8 Å². The van der Waals surface area contributed by atoms with Crippen molar-refractivity contribution in [3.63, 3.8) is 0 Å². The van der Waals surface area contributed by atoms with Crippen LogP contribution < -0.4 is 10.6 Å². The fourth-order valence-electron chi connectivity index (χ4n) is 4.23. The van der Waals surface area contributed by atoms with Gasteiger partial charge in [0.25, 0.3) is 5.91 Å². The highest BCUT2D eigenvalue weighted by Gasteiger charge is 2.31. The summed E-state index contributed by atoms with van der Waals surface area (Å²) in [6.07, 6.45) is 3.96. The third kappa shape index (κ3) is 8.16. The van der Waals surface area contributed by atoms with Crippen molar-refractivity contribution in [2.45, 2.75) is 85.1 Å². The quantitative estimate of drug-likeness (QED) is 0.360. The Hall–Kier alpha value is -2.66. The zero-order valence-corrected chi connectivity index (χ0v) is 24.7. The number of carbonyl (C=O) groups excluding carboxylic acids is 2. The van der Waals surface area contributed by atoms with Gasteiger partial charge in [0.1, 0.15) is 23.7 Å². The number of fused-ring (bicyclic) bond motifs is 1. The molecule has 0 radical (unpaired) electrons. The first-order valence-corrected chi connectivity index (χ1v) is 16.9. The van der Waals surface area contributed by atoms with Crippen LogP contribution in [0.4, 0.5) is 10.6 Å². The minimum absolute atomic E-state index is 0.116. The Morgan fingerprint density at radius 3 is 2.59 bits per heavy atom. The van der Waals surface area contributed by atoms with Gasteiger partial charge in [0.2, 0.25) is 0 Å². The second kappa shape index (κ2) is 11.8. The number of amides is 2. The van der Waals surface area contributed by atoms with Crippen LogP contribution >= 0.6 is 0 Å². The summed E-state index contributed by atoms with van der Waals surface area (Å²) in [6.45, 7) is 19.3. The van der Waals surface area contributed by atoms with E-state index in [4.69, 9.17) is 14.5 Å². The molecule has 3 heterocycles. The maximum Gasteiger partial charge on any atom is 0.410 e. The van der Waals surface area contributed by atoms with Crippen molar-refractivity contribution < 1.29 is 19.1 Å². The predicted molar refractivity (Wildman–Crippen MR) is 149 cm³/mol. The van der Waals surface area contributed by atoms with Gasteiger partial charge in [0.05, 0.1) is 11.8 Å². The third-order valence-corrected chi connectivity index (χ3v) is 7.97. The van der Waals surface area contributed by atoms with Crippen molar-refractivity contribution in [1.29, 1.82) is 0 Å². The molecule has 37 heavy (non-hydrogen) atoms. The standard InChI is InChI=1S/C26H44N6O4Si/c1-9-27-24(33)19-16-32(17-35-12-13-37(6,7)8)23-22(19)30-21(14-28-23)29-20-10-11-31(15-18(20)2)25(34)36-26(3,4)5/h14,16,18,20H,9-13,15,17H2,1-8H3,(H,27,33)(H,29,30)/t18-,20+/m1/s1. The van der Waals surface area contributed by atoms with Crippen LogP contribution in [0, 0.1) is 5.92 Å². The molecule has 0 bridgehead atoms. The lowest BCUT2D eigenvalue weighted by molar-refractivity contribution is 0.0164. The van der Waals surface area contributed by atoms with E-state index in [0.717, 1.165) is 12.5 Å². The first-order chi connectivity index (χ1) is 17.3. The van der Waals surface area contributed by atoms with Crippen LogP contribution in [-0.4, -0.2) is 77.4 Å². The summed E-state index contributed by atoms with van der Waals surface area (Å²) in [5.74, 6) is 0.614. The summed E-state index contributed by atoms with van der Waals surface area (Å²) in [7, 11) is -1.19. The Bertz CT molecular complexity index is 1090. The van der Waals surface area contributed by atoms with Crippen molar-refractivity contribution in [3.05, 3.63) is 18.0 Å². The molecule has 2 aromatic rings. The number of ether oxygens (including phenoxy) is 2. The molecule has 0 aliphatic carbocycles. The summed E-state index contributed by atoms with van der Waals surface area (Å²) >= 11 is 0. The summed E-state index contributed by atoms with van der Waals surface area (Å²) in [5.41, 5.74) is 1.13. The summed E-state index contributed by atoms with van der Waals surface area (Å²) < 4.78 is 13.3. The second-order valence-electron chi connectivity index (χ2n) is 12.1. The van der Waals surface area contributed by atoms with Crippen molar-refractivity contribution in [3.8, 4) is 0 Å². The highest BCUT2D eigenvalue weighted by atomic mass is 28.3.